The van der Waals surface area contributed by atoms with E-state index < -0.39 is 0 Å². The van der Waals surface area contributed by atoms with E-state index in [4.69, 9.17) is 0 Å². The summed E-state index contributed by atoms with van der Waals surface area (Å²) in [6.07, 6.45) is 0. The lowest BCUT2D eigenvalue weighted by atomic mass is 9.97. The van der Waals surface area contributed by atoms with Gasteiger partial charge in [-0.15, -0.1) is 11.3 Å². The zero-order valence-corrected chi connectivity index (χ0v) is 30.7. The summed E-state index contributed by atoms with van der Waals surface area (Å²) in [7, 11) is 0. The predicted octanol–water partition coefficient (Wildman–Crippen LogP) is 15.1. The Morgan fingerprint density at radius 3 is 1.78 bits per heavy atom. The lowest BCUT2D eigenvalue weighted by Crippen LogP contribution is -2.12. The smallest absolute Gasteiger partial charge is 0.0541 e. The average Bonchev–Trinajstić information content (AvgIpc) is 3.79. The fraction of sp³-hybridized carbons (Fsp3) is 0. The van der Waals surface area contributed by atoms with Crippen LogP contribution in [0.2, 0.25) is 0 Å². The summed E-state index contributed by atoms with van der Waals surface area (Å²) in [6, 6.07) is 75.3. The highest BCUT2D eigenvalue weighted by Crippen LogP contribution is 2.45. The standard InChI is InChI=1S/C52H34N2S/c1-2-20-41-35(14-1)15-12-25-42(41)36-16-11-17-38(32-36)53(39-18-13-19-40(34-39)54-49-27-8-4-22-44(49)45-23-5-9-28-50(45)54)48-26-7-3-21-43(48)37-30-31-47-46-24-6-10-29-51(46)55-52(47)33-37/h1-34H. The van der Waals surface area contributed by atoms with Gasteiger partial charge < -0.3 is 9.47 Å². The number of fused-ring (bicyclic) bond motifs is 7. The summed E-state index contributed by atoms with van der Waals surface area (Å²) in [4.78, 5) is 2.44. The molecule has 0 unspecified atom stereocenters. The van der Waals surface area contributed by atoms with E-state index >= 15 is 0 Å². The second kappa shape index (κ2) is 12.9. The molecule has 0 aliphatic heterocycles. The molecule has 2 nitrogen and oxygen atoms in total. The van der Waals surface area contributed by atoms with Gasteiger partial charge in [0.1, 0.15) is 0 Å². The topological polar surface area (TPSA) is 8.17 Å². The molecule has 9 aromatic carbocycles. The van der Waals surface area contributed by atoms with Crippen LogP contribution in [0.15, 0.2) is 206 Å². The van der Waals surface area contributed by atoms with E-state index in [1.165, 1.54) is 75.0 Å². The minimum atomic E-state index is 1.09. The summed E-state index contributed by atoms with van der Waals surface area (Å²) >= 11 is 1.86. The number of benzene rings is 9. The third kappa shape index (κ3) is 5.24. The molecule has 11 aromatic rings. The first-order valence-electron chi connectivity index (χ1n) is 18.8. The first-order chi connectivity index (χ1) is 27.3. The lowest BCUT2D eigenvalue weighted by molar-refractivity contribution is 1.17. The van der Waals surface area contributed by atoms with Gasteiger partial charge in [0.2, 0.25) is 0 Å². The van der Waals surface area contributed by atoms with E-state index in [1.807, 2.05) is 11.3 Å². The quantitative estimate of drug-likeness (QED) is 0.166. The van der Waals surface area contributed by atoms with Gasteiger partial charge in [-0.3, -0.25) is 0 Å². The zero-order chi connectivity index (χ0) is 36.3. The Balaban J connectivity index is 1.14. The van der Waals surface area contributed by atoms with Gasteiger partial charge in [0.15, 0.2) is 0 Å². The molecule has 0 N–H and O–H groups in total. The molecule has 55 heavy (non-hydrogen) atoms. The number of para-hydroxylation sites is 3. The van der Waals surface area contributed by atoms with Crippen LogP contribution in [-0.4, -0.2) is 4.57 Å². The number of hydrogen-bond acceptors (Lipinski definition) is 2. The molecular formula is C52H34N2S. The van der Waals surface area contributed by atoms with Crippen LogP contribution in [0.3, 0.4) is 0 Å². The van der Waals surface area contributed by atoms with E-state index in [-0.39, 0.29) is 0 Å². The molecule has 0 fully saturated rings. The van der Waals surface area contributed by atoms with Crippen molar-refractivity contribution in [1.82, 2.24) is 4.57 Å². The normalized spacial score (nSPS) is 11.6. The van der Waals surface area contributed by atoms with Gasteiger partial charge in [0.25, 0.3) is 0 Å². The minimum Gasteiger partial charge on any atom is -0.310 e. The van der Waals surface area contributed by atoms with Gasteiger partial charge in [-0.05, 0) is 88.1 Å². The van der Waals surface area contributed by atoms with Crippen LogP contribution in [0.4, 0.5) is 17.1 Å². The molecule has 2 heterocycles. The van der Waals surface area contributed by atoms with Crippen LogP contribution in [0.1, 0.15) is 0 Å². The summed E-state index contributed by atoms with van der Waals surface area (Å²) in [5.41, 5.74) is 11.6. The number of nitrogens with zero attached hydrogens (tertiary/aromatic N) is 2. The van der Waals surface area contributed by atoms with Crippen molar-refractivity contribution in [2.24, 2.45) is 0 Å². The summed E-state index contributed by atoms with van der Waals surface area (Å²) < 4.78 is 5.02. The van der Waals surface area contributed by atoms with Crippen molar-refractivity contribution in [3.63, 3.8) is 0 Å². The van der Waals surface area contributed by atoms with Crippen LogP contribution in [0.5, 0.6) is 0 Å². The molecule has 0 aliphatic carbocycles. The lowest BCUT2D eigenvalue weighted by Gasteiger charge is -2.29. The van der Waals surface area contributed by atoms with Gasteiger partial charge in [-0.2, -0.15) is 0 Å². The number of thiophene rings is 1. The maximum Gasteiger partial charge on any atom is 0.0541 e. The first-order valence-corrected chi connectivity index (χ1v) is 19.6. The molecule has 2 aromatic heterocycles. The van der Waals surface area contributed by atoms with Crippen LogP contribution in [0.25, 0.3) is 80.7 Å². The highest BCUT2D eigenvalue weighted by molar-refractivity contribution is 7.25. The molecule has 3 heteroatoms. The largest absolute Gasteiger partial charge is 0.310 e. The number of hydrogen-bond donors (Lipinski definition) is 0. The Kier molecular flexibility index (Phi) is 7.39. The second-order valence-electron chi connectivity index (χ2n) is 14.1. The molecule has 0 radical (unpaired) electrons. The third-order valence-corrected chi connectivity index (χ3v) is 12.1. The molecule has 0 bridgehead atoms. The Labute approximate surface area is 323 Å². The SMILES string of the molecule is c1cc(-c2cccc3ccccc23)cc(N(c2cccc(-n3c4ccccc4c4ccccc43)c2)c2ccccc2-c2ccc3c(c2)sc2ccccc23)c1. The van der Waals surface area contributed by atoms with Gasteiger partial charge in [-0.25, -0.2) is 0 Å². The Hall–Kier alpha value is -6.94. The molecule has 0 spiro atoms. The maximum absolute atomic E-state index is 2.44. The van der Waals surface area contributed by atoms with Crippen LogP contribution >= 0.6 is 11.3 Å². The van der Waals surface area contributed by atoms with Gasteiger partial charge in [0, 0.05) is 53.6 Å². The van der Waals surface area contributed by atoms with Gasteiger partial charge >= 0.3 is 0 Å². The fourth-order valence-corrected chi connectivity index (χ4v) is 9.64. The number of aromatic nitrogens is 1. The first kappa shape index (κ1) is 31.6. The van der Waals surface area contributed by atoms with E-state index in [1.54, 1.807) is 0 Å². The van der Waals surface area contributed by atoms with E-state index in [2.05, 4.69) is 216 Å². The van der Waals surface area contributed by atoms with Gasteiger partial charge in [0.05, 0.1) is 16.7 Å². The molecule has 0 aliphatic rings. The number of rotatable bonds is 6. The van der Waals surface area contributed by atoms with Crippen molar-refractivity contribution >= 4 is 81.1 Å². The van der Waals surface area contributed by atoms with E-state index in [9.17, 15) is 0 Å². The Morgan fingerprint density at radius 1 is 0.364 bits per heavy atom. The van der Waals surface area contributed by atoms with Crippen molar-refractivity contribution in [1.29, 1.82) is 0 Å². The zero-order valence-electron chi connectivity index (χ0n) is 29.9. The molecular weight excluding hydrogens is 685 g/mol. The molecule has 0 saturated carbocycles. The molecule has 0 saturated heterocycles. The highest BCUT2D eigenvalue weighted by atomic mass is 32.1. The maximum atomic E-state index is 2.44. The fourth-order valence-electron chi connectivity index (χ4n) is 8.49. The molecule has 0 amide bonds. The van der Waals surface area contributed by atoms with Crippen LogP contribution in [-0.2, 0) is 0 Å². The minimum absolute atomic E-state index is 1.09. The van der Waals surface area contributed by atoms with Crippen molar-refractivity contribution in [2.75, 3.05) is 4.90 Å². The van der Waals surface area contributed by atoms with Crippen LogP contribution in [0, 0.1) is 0 Å². The van der Waals surface area contributed by atoms with Crippen LogP contribution < -0.4 is 4.90 Å². The predicted molar refractivity (Wildman–Crippen MR) is 237 cm³/mol. The van der Waals surface area contributed by atoms with Crippen molar-refractivity contribution in [3.05, 3.63) is 206 Å². The van der Waals surface area contributed by atoms with E-state index in [0.29, 0.717) is 0 Å². The Morgan fingerprint density at radius 2 is 0.945 bits per heavy atom. The molecule has 258 valence electrons. The number of anilines is 3. The second-order valence-corrected chi connectivity index (χ2v) is 15.2. The van der Waals surface area contributed by atoms with Crippen molar-refractivity contribution in [2.45, 2.75) is 0 Å². The highest BCUT2D eigenvalue weighted by Gasteiger charge is 2.20. The van der Waals surface area contributed by atoms with E-state index in [0.717, 1.165) is 22.7 Å². The molecule has 11 rings (SSSR count). The average molecular weight is 719 g/mol. The third-order valence-electron chi connectivity index (χ3n) is 11.0. The van der Waals surface area contributed by atoms with Crippen molar-refractivity contribution < 1.29 is 0 Å². The monoisotopic (exact) mass is 718 g/mol. The summed E-state index contributed by atoms with van der Waals surface area (Å²) in [5, 5.41) is 7.62. The summed E-state index contributed by atoms with van der Waals surface area (Å²) in [5.74, 6) is 0. The summed E-state index contributed by atoms with van der Waals surface area (Å²) in [6.45, 7) is 0. The van der Waals surface area contributed by atoms with Crippen molar-refractivity contribution in [3.8, 4) is 27.9 Å². The Bertz CT molecular complexity index is 3180. The molecule has 0 atom stereocenters. The van der Waals surface area contributed by atoms with Gasteiger partial charge in [-0.1, -0.05) is 146 Å².